The first-order valence-electron chi connectivity index (χ1n) is 10.8. The molecule has 0 aliphatic heterocycles. The SMILES string of the molecule is CCOC(=O)C1(CCSCC[C@H](NC(=O)OC(C)(C)C)C(=O)OC(C)(C)C)CCC1. The first-order chi connectivity index (χ1) is 13.8. The summed E-state index contributed by atoms with van der Waals surface area (Å²) in [7, 11) is 0. The monoisotopic (exact) mass is 445 g/mol. The number of esters is 2. The van der Waals surface area contributed by atoms with E-state index < -0.39 is 29.3 Å². The normalized spacial score (nSPS) is 16.8. The molecule has 1 fully saturated rings. The van der Waals surface area contributed by atoms with Crippen LogP contribution in [-0.2, 0) is 23.8 Å². The van der Waals surface area contributed by atoms with Gasteiger partial charge in [-0.3, -0.25) is 4.79 Å². The molecule has 0 spiro atoms. The van der Waals surface area contributed by atoms with Crippen LogP contribution in [0.1, 0.15) is 80.6 Å². The summed E-state index contributed by atoms with van der Waals surface area (Å²) in [5.74, 6) is 0.885. The number of amides is 1. The fourth-order valence-electron chi connectivity index (χ4n) is 3.09. The summed E-state index contributed by atoms with van der Waals surface area (Å²) in [6.07, 6.45) is 3.38. The van der Waals surface area contributed by atoms with E-state index in [9.17, 15) is 14.4 Å². The molecule has 0 heterocycles. The number of carbonyl (C=O) groups excluding carboxylic acids is 3. The summed E-state index contributed by atoms with van der Waals surface area (Å²) in [6, 6.07) is -0.783. The minimum atomic E-state index is -0.783. The quantitative estimate of drug-likeness (QED) is 0.301. The van der Waals surface area contributed by atoms with E-state index in [1.807, 2.05) is 6.92 Å². The molecule has 30 heavy (non-hydrogen) atoms. The molecule has 0 unspecified atom stereocenters. The highest BCUT2D eigenvalue weighted by Crippen LogP contribution is 2.45. The van der Waals surface area contributed by atoms with Gasteiger partial charge in [-0.15, -0.1) is 0 Å². The first kappa shape index (κ1) is 26.6. The minimum Gasteiger partial charge on any atom is -0.466 e. The smallest absolute Gasteiger partial charge is 0.408 e. The molecule has 1 amide bonds. The van der Waals surface area contributed by atoms with Crippen LogP contribution in [0, 0.1) is 5.41 Å². The van der Waals surface area contributed by atoms with Crippen LogP contribution in [0.2, 0.25) is 0 Å². The van der Waals surface area contributed by atoms with Crippen LogP contribution >= 0.6 is 11.8 Å². The van der Waals surface area contributed by atoms with Gasteiger partial charge in [-0.05, 0) is 85.7 Å². The highest BCUT2D eigenvalue weighted by molar-refractivity contribution is 7.99. The molecule has 0 bridgehead atoms. The number of hydrogen-bond acceptors (Lipinski definition) is 7. The van der Waals surface area contributed by atoms with E-state index in [1.165, 1.54) is 0 Å². The van der Waals surface area contributed by atoms with Crippen molar-refractivity contribution in [1.29, 1.82) is 0 Å². The summed E-state index contributed by atoms with van der Waals surface area (Å²) in [6.45, 7) is 12.9. The molecule has 1 saturated carbocycles. The largest absolute Gasteiger partial charge is 0.466 e. The Kier molecular flexibility index (Phi) is 9.98. The highest BCUT2D eigenvalue weighted by atomic mass is 32.2. The van der Waals surface area contributed by atoms with Gasteiger partial charge in [-0.1, -0.05) is 6.42 Å². The van der Waals surface area contributed by atoms with E-state index in [-0.39, 0.29) is 11.4 Å². The fourth-order valence-corrected chi connectivity index (χ4v) is 4.23. The van der Waals surface area contributed by atoms with Gasteiger partial charge < -0.3 is 19.5 Å². The number of thioether (sulfide) groups is 1. The van der Waals surface area contributed by atoms with Crippen LogP contribution in [0.5, 0.6) is 0 Å². The Morgan fingerprint density at radius 1 is 1.00 bits per heavy atom. The zero-order valence-electron chi connectivity index (χ0n) is 19.6. The van der Waals surface area contributed by atoms with Crippen LogP contribution in [0.25, 0.3) is 0 Å². The third kappa shape index (κ3) is 9.58. The zero-order chi connectivity index (χ0) is 23.0. The molecule has 0 aromatic rings. The van der Waals surface area contributed by atoms with Crippen molar-refractivity contribution in [1.82, 2.24) is 5.32 Å². The summed E-state index contributed by atoms with van der Waals surface area (Å²) in [5, 5.41) is 2.64. The van der Waals surface area contributed by atoms with Gasteiger partial charge in [-0.25, -0.2) is 9.59 Å². The standard InChI is InChI=1S/C22H39NO6S/c1-8-27-18(25)22(11-9-12-22)13-15-30-14-10-16(17(24)28-20(2,3)4)23-19(26)29-21(5,6)7/h16H,8-15H2,1-7H3,(H,23,26)/t16-/m0/s1. The van der Waals surface area contributed by atoms with Crippen LogP contribution in [0.15, 0.2) is 0 Å². The molecule has 0 aromatic heterocycles. The second-order valence-electron chi connectivity index (χ2n) is 9.74. The van der Waals surface area contributed by atoms with E-state index in [4.69, 9.17) is 14.2 Å². The minimum absolute atomic E-state index is 0.0879. The van der Waals surface area contributed by atoms with Crippen molar-refractivity contribution in [3.63, 3.8) is 0 Å². The molecule has 0 radical (unpaired) electrons. The van der Waals surface area contributed by atoms with Gasteiger partial charge in [-0.2, -0.15) is 11.8 Å². The lowest BCUT2D eigenvalue weighted by Gasteiger charge is -2.39. The van der Waals surface area contributed by atoms with Gasteiger partial charge in [0.25, 0.3) is 0 Å². The van der Waals surface area contributed by atoms with E-state index in [2.05, 4.69) is 5.32 Å². The topological polar surface area (TPSA) is 90.9 Å². The van der Waals surface area contributed by atoms with Crippen molar-refractivity contribution < 1.29 is 28.6 Å². The lowest BCUT2D eigenvalue weighted by atomic mass is 9.67. The molecule has 1 rings (SSSR count). The Hall–Kier alpha value is -1.44. The van der Waals surface area contributed by atoms with Gasteiger partial charge in [0.1, 0.15) is 17.2 Å². The van der Waals surface area contributed by atoms with Crippen LogP contribution in [0.4, 0.5) is 4.79 Å². The first-order valence-corrected chi connectivity index (χ1v) is 11.9. The average molecular weight is 446 g/mol. The van der Waals surface area contributed by atoms with E-state index in [1.54, 1.807) is 53.3 Å². The number of ether oxygens (including phenoxy) is 3. The lowest BCUT2D eigenvalue weighted by Crippen LogP contribution is -2.46. The molecule has 7 nitrogen and oxygen atoms in total. The predicted molar refractivity (Wildman–Crippen MR) is 118 cm³/mol. The third-order valence-electron chi connectivity index (χ3n) is 4.68. The van der Waals surface area contributed by atoms with Crippen molar-refractivity contribution in [2.75, 3.05) is 18.1 Å². The van der Waals surface area contributed by atoms with Crippen molar-refractivity contribution in [2.24, 2.45) is 5.41 Å². The predicted octanol–water partition coefficient (Wildman–Crippen LogP) is 4.47. The molecule has 1 aliphatic rings. The maximum atomic E-state index is 12.5. The Bertz CT molecular complexity index is 589. The summed E-state index contributed by atoms with van der Waals surface area (Å²) in [5.41, 5.74) is -1.63. The second-order valence-corrected chi connectivity index (χ2v) is 11.0. The summed E-state index contributed by atoms with van der Waals surface area (Å²) >= 11 is 1.66. The van der Waals surface area contributed by atoms with Crippen molar-refractivity contribution in [3.8, 4) is 0 Å². The molecule has 0 aromatic carbocycles. The second kappa shape index (κ2) is 11.3. The average Bonchev–Trinajstić information content (AvgIpc) is 2.52. The zero-order valence-corrected chi connectivity index (χ0v) is 20.4. The van der Waals surface area contributed by atoms with Crippen LogP contribution in [-0.4, -0.2) is 53.4 Å². The van der Waals surface area contributed by atoms with Crippen LogP contribution in [0.3, 0.4) is 0 Å². The van der Waals surface area contributed by atoms with Crippen molar-refractivity contribution in [3.05, 3.63) is 0 Å². The number of carbonyl (C=O) groups is 3. The Labute approximate surface area is 185 Å². The Balaban J connectivity index is 2.55. The van der Waals surface area contributed by atoms with Gasteiger partial charge in [0.15, 0.2) is 0 Å². The number of nitrogens with one attached hydrogen (secondary N) is 1. The highest BCUT2D eigenvalue weighted by Gasteiger charge is 2.44. The molecular formula is C22H39NO6S. The molecule has 8 heteroatoms. The lowest BCUT2D eigenvalue weighted by molar-refractivity contribution is -0.161. The molecule has 174 valence electrons. The van der Waals surface area contributed by atoms with Gasteiger partial charge in [0.05, 0.1) is 12.0 Å². The number of alkyl carbamates (subject to hydrolysis) is 1. The number of rotatable bonds is 10. The van der Waals surface area contributed by atoms with Gasteiger partial charge in [0.2, 0.25) is 0 Å². The molecule has 1 N–H and O–H groups in total. The Morgan fingerprint density at radius 2 is 1.60 bits per heavy atom. The van der Waals surface area contributed by atoms with Gasteiger partial charge >= 0.3 is 18.0 Å². The number of hydrogen-bond donors (Lipinski definition) is 1. The molecule has 1 atom stereocenters. The van der Waals surface area contributed by atoms with E-state index in [0.717, 1.165) is 31.4 Å². The maximum absolute atomic E-state index is 12.5. The summed E-state index contributed by atoms with van der Waals surface area (Å²) < 4.78 is 16.0. The summed E-state index contributed by atoms with van der Waals surface area (Å²) in [4.78, 5) is 36.9. The van der Waals surface area contributed by atoms with E-state index in [0.29, 0.717) is 18.8 Å². The Morgan fingerprint density at radius 3 is 2.07 bits per heavy atom. The van der Waals surface area contributed by atoms with Crippen molar-refractivity contribution >= 4 is 29.8 Å². The maximum Gasteiger partial charge on any atom is 0.408 e. The fraction of sp³-hybridized carbons (Fsp3) is 0.864. The molecular weight excluding hydrogens is 406 g/mol. The van der Waals surface area contributed by atoms with Crippen molar-refractivity contribution in [2.45, 2.75) is 97.8 Å². The third-order valence-corrected chi connectivity index (χ3v) is 5.69. The molecule has 1 aliphatic carbocycles. The molecule has 0 saturated heterocycles. The van der Waals surface area contributed by atoms with Gasteiger partial charge in [0, 0.05) is 0 Å². The van der Waals surface area contributed by atoms with Crippen LogP contribution < -0.4 is 5.32 Å². The van der Waals surface area contributed by atoms with E-state index >= 15 is 0 Å².